The van der Waals surface area contributed by atoms with Gasteiger partial charge in [0.05, 0.1) is 0 Å². The second kappa shape index (κ2) is 11.8. The van der Waals surface area contributed by atoms with Crippen LogP contribution < -0.4 is 0 Å². The summed E-state index contributed by atoms with van der Waals surface area (Å²) in [5.74, 6) is 0. The van der Waals surface area contributed by atoms with E-state index in [4.69, 9.17) is 0 Å². The van der Waals surface area contributed by atoms with Crippen molar-refractivity contribution in [3.63, 3.8) is 0 Å². The number of rotatable bonds is 2. The summed E-state index contributed by atoms with van der Waals surface area (Å²) in [5, 5.41) is 0. The molecule has 0 spiro atoms. The Bertz CT molecular complexity index is 1200. The fraction of sp³-hybridized carbons (Fsp3) is 0.474. The van der Waals surface area contributed by atoms with Gasteiger partial charge in [0.2, 0.25) is 0 Å². The smallest absolute Gasteiger partial charge is 0.214 e. The molecule has 0 aliphatic heterocycles. The zero-order chi connectivity index (χ0) is 28.6. The predicted molar refractivity (Wildman–Crippen MR) is 169 cm³/mol. The van der Waals surface area contributed by atoms with E-state index in [9.17, 15) is 0 Å². The fourth-order valence-electron chi connectivity index (χ4n) is 5.36. The van der Waals surface area contributed by atoms with Crippen LogP contribution in [0.1, 0.15) is 106 Å². The molecule has 212 valence electrons. The third-order valence-electron chi connectivity index (χ3n) is 8.17. The van der Waals surface area contributed by atoms with Gasteiger partial charge in [-0.25, -0.2) is 12.1 Å². The second-order valence-electron chi connectivity index (χ2n) is 15.3. The monoisotopic (exact) mass is 564 g/mol. The van der Waals surface area contributed by atoms with Crippen molar-refractivity contribution in [3.05, 3.63) is 107 Å². The first-order chi connectivity index (χ1) is 17.4. The Kier molecular flexibility index (Phi) is 10.0. The molecule has 1 heteroatoms. The Labute approximate surface area is 251 Å². The van der Waals surface area contributed by atoms with Crippen molar-refractivity contribution in [1.82, 2.24) is 0 Å². The van der Waals surface area contributed by atoms with Gasteiger partial charge in [0.15, 0.2) is 0 Å². The van der Waals surface area contributed by atoms with Gasteiger partial charge in [0, 0.05) is 0 Å². The maximum absolute atomic E-state index is 2.60. The van der Waals surface area contributed by atoms with Gasteiger partial charge >= 0.3 is 17.1 Å². The Balaban J connectivity index is 0.000000797. The van der Waals surface area contributed by atoms with E-state index in [1.807, 2.05) is 30.3 Å². The van der Waals surface area contributed by atoms with E-state index in [1.54, 1.807) is 0 Å². The van der Waals surface area contributed by atoms with E-state index in [-0.39, 0.29) is 44.1 Å². The van der Waals surface area contributed by atoms with Gasteiger partial charge in [-0.2, -0.15) is 30.3 Å². The van der Waals surface area contributed by atoms with E-state index >= 15 is 0 Å². The Morgan fingerprint density at radius 1 is 0.718 bits per heavy atom. The van der Waals surface area contributed by atoms with Gasteiger partial charge in [-0.1, -0.05) is 136 Å². The van der Waals surface area contributed by atoms with Crippen molar-refractivity contribution in [1.29, 1.82) is 0 Å². The molecule has 0 saturated carbocycles. The van der Waals surface area contributed by atoms with Crippen molar-refractivity contribution in [3.8, 4) is 11.1 Å². The summed E-state index contributed by atoms with van der Waals surface area (Å²) in [5.41, 5.74) is 8.88. The Morgan fingerprint density at radius 3 is 1.67 bits per heavy atom. The van der Waals surface area contributed by atoms with Crippen molar-refractivity contribution < 1.29 is 17.1 Å². The molecular formula is C38H52Fe. The van der Waals surface area contributed by atoms with Crippen LogP contribution in [0.4, 0.5) is 0 Å². The van der Waals surface area contributed by atoms with Crippen LogP contribution in [0.25, 0.3) is 11.1 Å². The van der Waals surface area contributed by atoms with Crippen LogP contribution in [-0.2, 0) is 33.3 Å². The quantitative estimate of drug-likeness (QED) is 0.215. The molecule has 3 aromatic carbocycles. The zero-order valence-electron chi connectivity index (χ0n) is 26.6. The van der Waals surface area contributed by atoms with E-state index in [1.165, 1.54) is 33.4 Å². The first-order valence-corrected chi connectivity index (χ1v) is 14.4. The minimum atomic E-state index is -0.0389. The molecule has 4 rings (SSSR count). The SMILES string of the molecule is CC(C)(C)C1=CC([c-]2cccc2-c2cc(C(C)(C)C)cc(C(C)(C)C)c2)(C(C)(C)C)CC=C1.[Fe+2].c1cc[cH-]c1. The van der Waals surface area contributed by atoms with Crippen LogP contribution >= 0.6 is 0 Å². The normalized spacial score (nSPS) is 18.1. The molecule has 0 aromatic heterocycles. The van der Waals surface area contributed by atoms with Gasteiger partial charge in [0.1, 0.15) is 0 Å². The number of hydrogen-bond donors (Lipinski definition) is 0. The molecular weight excluding hydrogens is 512 g/mol. The van der Waals surface area contributed by atoms with E-state index < -0.39 is 0 Å². The first-order valence-electron chi connectivity index (χ1n) is 14.4. The molecule has 0 N–H and O–H groups in total. The van der Waals surface area contributed by atoms with Crippen LogP contribution in [0.15, 0.2) is 90.5 Å². The molecule has 1 aliphatic carbocycles. The van der Waals surface area contributed by atoms with E-state index in [0.717, 1.165) is 6.42 Å². The molecule has 39 heavy (non-hydrogen) atoms. The van der Waals surface area contributed by atoms with Crippen LogP contribution in [0, 0.1) is 10.8 Å². The summed E-state index contributed by atoms with van der Waals surface area (Å²) < 4.78 is 0. The number of hydrogen-bond acceptors (Lipinski definition) is 0. The number of benzene rings is 1. The molecule has 0 nitrogen and oxygen atoms in total. The molecule has 0 radical (unpaired) electrons. The maximum Gasteiger partial charge on any atom is 2.00 e. The second-order valence-corrected chi connectivity index (χ2v) is 15.3. The molecule has 0 bridgehead atoms. The Hall–Kier alpha value is -2.08. The van der Waals surface area contributed by atoms with Gasteiger partial charge in [-0.15, -0.1) is 17.2 Å². The molecule has 1 unspecified atom stereocenters. The van der Waals surface area contributed by atoms with E-state index in [0.29, 0.717) is 0 Å². The maximum atomic E-state index is 2.60. The number of allylic oxidation sites excluding steroid dienone is 4. The summed E-state index contributed by atoms with van der Waals surface area (Å²) in [6, 6.07) is 24.3. The van der Waals surface area contributed by atoms with Crippen molar-refractivity contribution in [2.24, 2.45) is 10.8 Å². The topological polar surface area (TPSA) is 0 Å². The molecule has 1 atom stereocenters. The van der Waals surface area contributed by atoms with Gasteiger partial charge in [-0.05, 0) is 39.1 Å². The van der Waals surface area contributed by atoms with Crippen LogP contribution in [0.5, 0.6) is 0 Å². The molecule has 3 aromatic rings. The third kappa shape index (κ3) is 7.56. The van der Waals surface area contributed by atoms with Crippen LogP contribution in [0.3, 0.4) is 0 Å². The van der Waals surface area contributed by atoms with Crippen molar-refractivity contribution >= 4 is 0 Å². The van der Waals surface area contributed by atoms with Gasteiger partial charge in [0.25, 0.3) is 0 Å². The van der Waals surface area contributed by atoms with Crippen molar-refractivity contribution in [2.75, 3.05) is 0 Å². The summed E-state index contributed by atoms with van der Waals surface area (Å²) >= 11 is 0. The average molecular weight is 565 g/mol. The fourth-order valence-corrected chi connectivity index (χ4v) is 5.36. The molecule has 0 saturated heterocycles. The summed E-state index contributed by atoms with van der Waals surface area (Å²) in [4.78, 5) is 0. The van der Waals surface area contributed by atoms with Crippen molar-refractivity contribution in [2.45, 2.75) is 106 Å². The molecule has 1 aliphatic rings. The molecule has 0 amide bonds. The Morgan fingerprint density at radius 2 is 1.26 bits per heavy atom. The van der Waals surface area contributed by atoms with Crippen LogP contribution in [-0.4, -0.2) is 0 Å². The zero-order valence-corrected chi connectivity index (χ0v) is 27.7. The average Bonchev–Trinajstić information content (AvgIpc) is 3.51. The molecule has 0 fully saturated rings. The summed E-state index contributed by atoms with van der Waals surface area (Å²) in [7, 11) is 0. The first kappa shape index (κ1) is 33.1. The standard InChI is InChI=1S/C33H47.C5H5.Fe/c1-29(2,3)24-15-14-18-33(22-24,32(10,11)12)28-17-13-16-27(28)23-19-25(30(4,5)6)21-26(20-23)31(7,8)9;1-2-4-5-3-1;/h13-17,19-22H,18H2,1-12H3;1-5H;/q2*-1;+2. The summed E-state index contributed by atoms with van der Waals surface area (Å²) in [6.45, 7) is 28.2. The minimum absolute atomic E-state index is 0. The molecule has 0 heterocycles. The third-order valence-corrected chi connectivity index (χ3v) is 8.17. The van der Waals surface area contributed by atoms with Crippen LogP contribution in [0.2, 0.25) is 0 Å². The summed E-state index contributed by atoms with van der Waals surface area (Å²) in [6.07, 6.45) is 8.40. The largest absolute Gasteiger partial charge is 2.00 e. The van der Waals surface area contributed by atoms with E-state index in [2.05, 4.69) is 138 Å². The van der Waals surface area contributed by atoms with Gasteiger partial charge < -0.3 is 0 Å². The van der Waals surface area contributed by atoms with Gasteiger partial charge in [-0.3, -0.25) is 0 Å². The minimum Gasteiger partial charge on any atom is -0.214 e. The predicted octanol–water partition coefficient (Wildman–Crippen LogP) is 11.3.